The zero-order valence-electron chi connectivity index (χ0n) is 17.5. The van der Waals surface area contributed by atoms with Crippen molar-refractivity contribution < 1.29 is 17.9 Å². The lowest BCUT2D eigenvalue weighted by atomic mass is 10.1. The Morgan fingerprint density at radius 3 is 2.32 bits per heavy atom. The molecule has 4 rings (SSSR count). The third kappa shape index (κ3) is 3.96. The van der Waals surface area contributed by atoms with Gasteiger partial charge in [0.05, 0.1) is 23.1 Å². The van der Waals surface area contributed by atoms with Crippen LogP contribution in [-0.2, 0) is 21.2 Å². The lowest BCUT2D eigenvalue weighted by molar-refractivity contribution is 0.0601. The monoisotopic (exact) mass is 434 g/mol. The number of esters is 1. The molecule has 4 aromatic rings. The van der Waals surface area contributed by atoms with Gasteiger partial charge in [-0.05, 0) is 61.9 Å². The summed E-state index contributed by atoms with van der Waals surface area (Å²) in [5.41, 5.74) is 4.17. The highest BCUT2D eigenvalue weighted by atomic mass is 32.2. The number of methoxy groups -OCH3 is 1. The largest absolute Gasteiger partial charge is 0.465 e. The Labute approximate surface area is 181 Å². The van der Waals surface area contributed by atoms with Crippen molar-refractivity contribution in [2.75, 3.05) is 7.11 Å². The smallest absolute Gasteiger partial charge is 0.337 e. The summed E-state index contributed by atoms with van der Waals surface area (Å²) in [4.78, 5) is 16.6. The molecule has 0 saturated carbocycles. The van der Waals surface area contributed by atoms with Gasteiger partial charge in [-0.15, -0.1) is 0 Å². The van der Waals surface area contributed by atoms with Gasteiger partial charge in [-0.1, -0.05) is 23.8 Å². The summed E-state index contributed by atoms with van der Waals surface area (Å²) in [6.07, 6.45) is 2.08. The molecule has 0 N–H and O–H groups in total. The number of nitrogens with zero attached hydrogens (tertiary/aromatic N) is 2. The van der Waals surface area contributed by atoms with Crippen molar-refractivity contribution in [1.29, 1.82) is 0 Å². The van der Waals surface area contributed by atoms with Crippen molar-refractivity contribution in [3.63, 3.8) is 0 Å². The van der Waals surface area contributed by atoms with Crippen molar-refractivity contribution in [2.24, 2.45) is 0 Å². The molecule has 2 heterocycles. The van der Waals surface area contributed by atoms with Gasteiger partial charge in [0.1, 0.15) is 0 Å². The summed E-state index contributed by atoms with van der Waals surface area (Å²) in [5.74, 6) is -0.474. The summed E-state index contributed by atoms with van der Waals surface area (Å²) in [7, 11) is -2.55. The number of aryl methyl sites for hydroxylation is 2. The van der Waals surface area contributed by atoms with Crippen molar-refractivity contribution in [1.82, 2.24) is 8.96 Å². The van der Waals surface area contributed by atoms with E-state index >= 15 is 0 Å². The van der Waals surface area contributed by atoms with E-state index in [2.05, 4.69) is 4.98 Å². The molecule has 6 nitrogen and oxygen atoms in total. The summed E-state index contributed by atoms with van der Waals surface area (Å²) < 4.78 is 33.4. The maximum Gasteiger partial charge on any atom is 0.337 e. The lowest BCUT2D eigenvalue weighted by Gasteiger charge is -2.12. The van der Waals surface area contributed by atoms with Crippen molar-refractivity contribution in [3.05, 3.63) is 94.9 Å². The molecule has 0 unspecified atom stereocenters. The van der Waals surface area contributed by atoms with Gasteiger partial charge in [0.15, 0.2) is 0 Å². The number of hydrogen-bond acceptors (Lipinski definition) is 5. The maximum atomic E-state index is 13.6. The molecule has 2 aromatic heterocycles. The van der Waals surface area contributed by atoms with Crippen LogP contribution in [0.5, 0.6) is 0 Å². The normalized spacial score (nSPS) is 11.6. The van der Waals surface area contributed by atoms with Gasteiger partial charge >= 0.3 is 5.97 Å². The first-order chi connectivity index (χ1) is 14.8. The van der Waals surface area contributed by atoms with E-state index in [0.717, 1.165) is 16.8 Å². The third-order valence-electron chi connectivity index (χ3n) is 5.14. The van der Waals surface area contributed by atoms with Crippen molar-refractivity contribution in [3.8, 4) is 0 Å². The van der Waals surface area contributed by atoms with E-state index in [-0.39, 0.29) is 4.90 Å². The minimum atomic E-state index is -3.86. The van der Waals surface area contributed by atoms with Crippen LogP contribution >= 0.6 is 0 Å². The SMILES string of the molecule is COC(=O)c1ccc2c(c1)cc(Cc1ccc(C)cn1)n2S(=O)(=O)c1ccc(C)cc1. The van der Waals surface area contributed by atoms with Crippen LogP contribution in [0.25, 0.3) is 10.9 Å². The standard InChI is InChI=1S/C24H22N2O4S/c1-16-5-9-22(10-6-16)31(28,29)26-21(14-20-8-4-17(2)15-25-20)13-19-12-18(24(27)30-3)7-11-23(19)26/h4-13,15H,14H2,1-3H3. The number of hydrogen-bond donors (Lipinski definition) is 0. The van der Waals surface area contributed by atoms with Crippen LogP contribution in [0.15, 0.2) is 71.8 Å². The summed E-state index contributed by atoms with van der Waals surface area (Å²) in [6, 6.07) is 17.2. The predicted octanol–water partition coefficient (Wildman–Crippen LogP) is 4.27. The van der Waals surface area contributed by atoms with Crippen LogP contribution in [0, 0.1) is 13.8 Å². The molecule has 0 saturated heterocycles. The fraction of sp³-hybridized carbons (Fsp3) is 0.167. The van der Waals surface area contributed by atoms with Gasteiger partial charge in [-0.3, -0.25) is 4.98 Å². The third-order valence-corrected chi connectivity index (χ3v) is 6.92. The molecule has 0 bridgehead atoms. The molecule has 0 aliphatic rings. The number of benzene rings is 2. The highest BCUT2D eigenvalue weighted by molar-refractivity contribution is 7.90. The number of fused-ring (bicyclic) bond motifs is 1. The number of carbonyl (C=O) groups is 1. The molecule has 0 atom stereocenters. The van der Waals surface area contributed by atoms with Crippen LogP contribution in [0.4, 0.5) is 0 Å². The minimum Gasteiger partial charge on any atom is -0.465 e. The maximum absolute atomic E-state index is 13.6. The highest BCUT2D eigenvalue weighted by Crippen LogP contribution is 2.28. The molecular weight excluding hydrogens is 412 g/mol. The van der Waals surface area contributed by atoms with E-state index < -0.39 is 16.0 Å². The number of aromatic nitrogens is 2. The van der Waals surface area contributed by atoms with E-state index in [1.165, 1.54) is 11.1 Å². The minimum absolute atomic E-state index is 0.200. The lowest BCUT2D eigenvalue weighted by Crippen LogP contribution is -2.16. The van der Waals surface area contributed by atoms with E-state index in [4.69, 9.17) is 4.74 Å². The fourth-order valence-corrected chi connectivity index (χ4v) is 5.05. The molecule has 7 heteroatoms. The van der Waals surface area contributed by atoms with Gasteiger partial charge < -0.3 is 4.74 Å². The molecule has 2 aromatic carbocycles. The number of pyridine rings is 1. The second-order valence-electron chi connectivity index (χ2n) is 7.49. The number of carbonyl (C=O) groups excluding carboxylic acids is 1. The molecular formula is C24H22N2O4S. The zero-order chi connectivity index (χ0) is 22.2. The topological polar surface area (TPSA) is 78.3 Å². The van der Waals surface area contributed by atoms with Crippen molar-refractivity contribution in [2.45, 2.75) is 25.2 Å². The summed E-state index contributed by atoms with van der Waals surface area (Å²) in [6.45, 7) is 3.86. The summed E-state index contributed by atoms with van der Waals surface area (Å²) >= 11 is 0. The average molecular weight is 435 g/mol. The Kier molecular flexibility index (Phi) is 5.37. The predicted molar refractivity (Wildman–Crippen MR) is 119 cm³/mol. The molecule has 31 heavy (non-hydrogen) atoms. The van der Waals surface area contributed by atoms with E-state index in [0.29, 0.717) is 28.6 Å². The van der Waals surface area contributed by atoms with Gasteiger partial charge in [-0.2, -0.15) is 0 Å². The molecule has 0 aliphatic heterocycles. The van der Waals surface area contributed by atoms with Gasteiger partial charge in [-0.25, -0.2) is 17.2 Å². The van der Waals surface area contributed by atoms with Crippen molar-refractivity contribution >= 4 is 26.9 Å². The zero-order valence-corrected chi connectivity index (χ0v) is 18.3. The van der Waals surface area contributed by atoms with Crippen LogP contribution in [0.1, 0.15) is 32.9 Å². The second kappa shape index (κ2) is 8.00. The fourth-order valence-electron chi connectivity index (χ4n) is 3.50. The quantitative estimate of drug-likeness (QED) is 0.439. The van der Waals surface area contributed by atoms with Crippen LogP contribution in [0.2, 0.25) is 0 Å². The second-order valence-corrected chi connectivity index (χ2v) is 9.27. The Morgan fingerprint density at radius 2 is 1.68 bits per heavy atom. The molecule has 0 spiro atoms. The Bertz CT molecular complexity index is 1370. The van der Waals surface area contributed by atoms with Crippen LogP contribution in [0.3, 0.4) is 0 Å². The first kappa shape index (κ1) is 20.8. The van der Waals surface area contributed by atoms with Gasteiger partial charge in [0.2, 0.25) is 0 Å². The molecule has 0 radical (unpaired) electrons. The molecule has 0 aliphatic carbocycles. The summed E-state index contributed by atoms with van der Waals surface area (Å²) in [5, 5.41) is 0.640. The first-order valence-electron chi connectivity index (χ1n) is 9.76. The Balaban J connectivity index is 1.92. The van der Waals surface area contributed by atoms with Crippen LogP contribution < -0.4 is 0 Å². The van der Waals surface area contributed by atoms with Crippen LogP contribution in [-0.4, -0.2) is 30.5 Å². The molecule has 158 valence electrons. The number of rotatable bonds is 5. The number of ether oxygens (including phenoxy) is 1. The Hall–Kier alpha value is -3.45. The van der Waals surface area contributed by atoms with E-state index in [1.54, 1.807) is 54.7 Å². The van der Waals surface area contributed by atoms with E-state index in [1.807, 2.05) is 26.0 Å². The van der Waals surface area contributed by atoms with Gasteiger partial charge in [0.25, 0.3) is 10.0 Å². The first-order valence-corrected chi connectivity index (χ1v) is 11.2. The van der Waals surface area contributed by atoms with Gasteiger partial charge in [0, 0.05) is 29.4 Å². The molecule has 0 amide bonds. The molecule has 0 fully saturated rings. The highest BCUT2D eigenvalue weighted by Gasteiger charge is 2.24. The van der Waals surface area contributed by atoms with E-state index in [9.17, 15) is 13.2 Å². The Morgan fingerprint density at radius 1 is 0.968 bits per heavy atom. The average Bonchev–Trinajstić information content (AvgIpc) is 3.12.